The van der Waals surface area contributed by atoms with E-state index >= 15 is 0 Å². The zero-order valence-electron chi connectivity index (χ0n) is 10.0. The molecule has 94 valence electrons. The SMILES string of the molecule is COc1cc(Br)c(CC2CCCNC2)cc1O. The van der Waals surface area contributed by atoms with Crippen LogP contribution in [0.15, 0.2) is 16.6 Å². The highest BCUT2D eigenvalue weighted by atomic mass is 79.9. The number of phenols is 1. The van der Waals surface area contributed by atoms with E-state index in [0.29, 0.717) is 11.7 Å². The van der Waals surface area contributed by atoms with Crippen LogP contribution in [0, 0.1) is 5.92 Å². The molecule has 1 heterocycles. The predicted molar refractivity (Wildman–Crippen MR) is 71.7 cm³/mol. The number of benzene rings is 1. The van der Waals surface area contributed by atoms with E-state index in [9.17, 15) is 5.11 Å². The summed E-state index contributed by atoms with van der Waals surface area (Å²) < 4.78 is 6.09. The Morgan fingerprint density at radius 1 is 1.53 bits per heavy atom. The zero-order valence-corrected chi connectivity index (χ0v) is 11.6. The lowest BCUT2D eigenvalue weighted by atomic mass is 9.92. The number of phenolic OH excluding ortho intramolecular Hbond substituents is 1. The van der Waals surface area contributed by atoms with Crippen molar-refractivity contribution in [1.82, 2.24) is 5.32 Å². The second-order valence-electron chi connectivity index (χ2n) is 4.53. The van der Waals surface area contributed by atoms with Gasteiger partial charge in [-0.3, -0.25) is 0 Å². The van der Waals surface area contributed by atoms with Crippen LogP contribution >= 0.6 is 15.9 Å². The van der Waals surface area contributed by atoms with Crippen molar-refractivity contribution in [2.24, 2.45) is 5.92 Å². The molecule has 1 aromatic rings. The third-order valence-electron chi connectivity index (χ3n) is 3.26. The Hall–Kier alpha value is -0.740. The van der Waals surface area contributed by atoms with Crippen molar-refractivity contribution in [3.63, 3.8) is 0 Å². The largest absolute Gasteiger partial charge is 0.504 e. The molecule has 0 spiro atoms. The van der Waals surface area contributed by atoms with E-state index in [-0.39, 0.29) is 5.75 Å². The number of hydrogen-bond acceptors (Lipinski definition) is 3. The van der Waals surface area contributed by atoms with Crippen molar-refractivity contribution in [1.29, 1.82) is 0 Å². The lowest BCUT2D eigenvalue weighted by molar-refractivity contribution is 0.366. The molecular weight excluding hydrogens is 282 g/mol. The lowest BCUT2D eigenvalue weighted by Crippen LogP contribution is -2.30. The Morgan fingerprint density at radius 2 is 2.35 bits per heavy atom. The van der Waals surface area contributed by atoms with Crippen molar-refractivity contribution in [3.05, 3.63) is 22.2 Å². The van der Waals surface area contributed by atoms with Gasteiger partial charge < -0.3 is 15.2 Å². The quantitative estimate of drug-likeness (QED) is 0.902. The molecule has 0 amide bonds. The fourth-order valence-corrected chi connectivity index (χ4v) is 2.80. The van der Waals surface area contributed by atoms with Crippen LogP contribution < -0.4 is 10.1 Å². The maximum atomic E-state index is 9.78. The molecule has 1 atom stereocenters. The monoisotopic (exact) mass is 299 g/mol. The first-order valence-corrected chi connectivity index (χ1v) is 6.76. The molecule has 0 aromatic heterocycles. The van der Waals surface area contributed by atoms with E-state index in [4.69, 9.17) is 4.74 Å². The van der Waals surface area contributed by atoms with E-state index in [2.05, 4.69) is 21.2 Å². The molecule has 1 aliphatic rings. The maximum absolute atomic E-state index is 9.78. The molecule has 17 heavy (non-hydrogen) atoms. The highest BCUT2D eigenvalue weighted by Gasteiger charge is 2.16. The van der Waals surface area contributed by atoms with Gasteiger partial charge in [0.1, 0.15) is 0 Å². The molecule has 3 nitrogen and oxygen atoms in total. The number of hydrogen-bond donors (Lipinski definition) is 2. The van der Waals surface area contributed by atoms with E-state index in [1.807, 2.05) is 6.07 Å². The van der Waals surface area contributed by atoms with E-state index in [1.54, 1.807) is 13.2 Å². The summed E-state index contributed by atoms with van der Waals surface area (Å²) in [6.07, 6.45) is 3.49. The summed E-state index contributed by atoms with van der Waals surface area (Å²) in [5, 5.41) is 13.2. The smallest absolute Gasteiger partial charge is 0.161 e. The summed E-state index contributed by atoms with van der Waals surface area (Å²) in [4.78, 5) is 0. The molecule has 0 aliphatic carbocycles. The molecule has 1 unspecified atom stereocenters. The summed E-state index contributed by atoms with van der Waals surface area (Å²) in [5.74, 6) is 1.39. The Bertz CT molecular complexity index is 389. The fourth-order valence-electron chi connectivity index (χ4n) is 2.32. The Morgan fingerprint density at radius 3 is 3.00 bits per heavy atom. The van der Waals surface area contributed by atoms with Gasteiger partial charge in [0, 0.05) is 4.47 Å². The van der Waals surface area contributed by atoms with Gasteiger partial charge in [0.15, 0.2) is 11.5 Å². The van der Waals surface area contributed by atoms with Crippen LogP contribution in [0.5, 0.6) is 11.5 Å². The van der Waals surface area contributed by atoms with Gasteiger partial charge in [-0.2, -0.15) is 0 Å². The van der Waals surface area contributed by atoms with Crippen LogP contribution in [0.25, 0.3) is 0 Å². The average Bonchev–Trinajstić information content (AvgIpc) is 2.34. The van der Waals surface area contributed by atoms with Gasteiger partial charge in [-0.1, -0.05) is 15.9 Å². The van der Waals surface area contributed by atoms with Crippen LogP contribution in [0.1, 0.15) is 18.4 Å². The lowest BCUT2D eigenvalue weighted by Gasteiger charge is -2.23. The highest BCUT2D eigenvalue weighted by molar-refractivity contribution is 9.10. The molecule has 1 aliphatic heterocycles. The van der Waals surface area contributed by atoms with E-state index in [0.717, 1.165) is 29.5 Å². The molecule has 1 saturated heterocycles. The fraction of sp³-hybridized carbons (Fsp3) is 0.538. The maximum Gasteiger partial charge on any atom is 0.161 e. The molecular formula is C13H18BrNO2. The van der Waals surface area contributed by atoms with E-state index < -0.39 is 0 Å². The standard InChI is InChI=1S/C13H18BrNO2/c1-17-13-7-11(14)10(6-12(13)16)5-9-3-2-4-15-8-9/h6-7,9,15-16H,2-5,8H2,1H3. The van der Waals surface area contributed by atoms with Crippen molar-refractivity contribution < 1.29 is 9.84 Å². The number of aromatic hydroxyl groups is 1. The van der Waals surface area contributed by atoms with E-state index in [1.165, 1.54) is 12.8 Å². The first-order chi connectivity index (χ1) is 8.20. The van der Waals surface area contributed by atoms with Crippen LogP contribution in [0.2, 0.25) is 0 Å². The van der Waals surface area contributed by atoms with Gasteiger partial charge >= 0.3 is 0 Å². The predicted octanol–water partition coefficient (Wildman–Crippen LogP) is 2.71. The second kappa shape index (κ2) is 5.74. The summed E-state index contributed by atoms with van der Waals surface area (Å²) in [7, 11) is 1.56. The van der Waals surface area contributed by atoms with Crippen LogP contribution in [0.3, 0.4) is 0 Å². The Labute approximate surface area is 110 Å². The van der Waals surface area contributed by atoms with Gasteiger partial charge in [0.2, 0.25) is 0 Å². The summed E-state index contributed by atoms with van der Waals surface area (Å²) >= 11 is 3.54. The summed E-state index contributed by atoms with van der Waals surface area (Å²) in [6, 6.07) is 3.64. The highest BCUT2D eigenvalue weighted by Crippen LogP contribution is 2.34. The number of piperidine rings is 1. The van der Waals surface area contributed by atoms with Gasteiger partial charge in [0.05, 0.1) is 7.11 Å². The van der Waals surface area contributed by atoms with Crippen molar-refractivity contribution in [2.75, 3.05) is 20.2 Å². The van der Waals surface area contributed by atoms with Gasteiger partial charge in [-0.05, 0) is 56.0 Å². The molecule has 2 N–H and O–H groups in total. The average molecular weight is 300 g/mol. The Kier molecular flexibility index (Phi) is 4.29. The molecule has 1 aromatic carbocycles. The topological polar surface area (TPSA) is 41.5 Å². The molecule has 0 saturated carbocycles. The summed E-state index contributed by atoms with van der Waals surface area (Å²) in [6.45, 7) is 2.20. The van der Waals surface area contributed by atoms with Crippen LogP contribution in [-0.2, 0) is 6.42 Å². The minimum absolute atomic E-state index is 0.217. The first-order valence-electron chi connectivity index (χ1n) is 5.97. The van der Waals surface area contributed by atoms with Gasteiger partial charge in [-0.25, -0.2) is 0 Å². The molecule has 4 heteroatoms. The van der Waals surface area contributed by atoms with Gasteiger partial charge in [-0.15, -0.1) is 0 Å². The molecule has 2 rings (SSSR count). The normalized spacial score (nSPS) is 20.2. The van der Waals surface area contributed by atoms with Crippen LogP contribution in [0.4, 0.5) is 0 Å². The molecule has 0 bridgehead atoms. The third-order valence-corrected chi connectivity index (χ3v) is 3.99. The number of ether oxygens (including phenoxy) is 1. The minimum atomic E-state index is 0.217. The third kappa shape index (κ3) is 3.13. The number of halogens is 1. The zero-order chi connectivity index (χ0) is 12.3. The number of nitrogens with one attached hydrogen (secondary N) is 1. The number of rotatable bonds is 3. The second-order valence-corrected chi connectivity index (χ2v) is 5.39. The summed E-state index contributed by atoms with van der Waals surface area (Å²) in [5.41, 5.74) is 1.15. The van der Waals surface area contributed by atoms with Crippen LogP contribution in [-0.4, -0.2) is 25.3 Å². The van der Waals surface area contributed by atoms with Crippen molar-refractivity contribution in [2.45, 2.75) is 19.3 Å². The van der Waals surface area contributed by atoms with Crippen molar-refractivity contribution in [3.8, 4) is 11.5 Å². The molecule has 0 radical (unpaired) electrons. The minimum Gasteiger partial charge on any atom is -0.504 e. The number of methoxy groups -OCH3 is 1. The van der Waals surface area contributed by atoms with Crippen molar-refractivity contribution >= 4 is 15.9 Å². The molecule has 1 fully saturated rings. The van der Waals surface area contributed by atoms with Gasteiger partial charge in [0.25, 0.3) is 0 Å². The first kappa shape index (κ1) is 12.7. The Balaban J connectivity index is 2.12.